The van der Waals surface area contributed by atoms with Gasteiger partial charge in [-0.15, -0.1) is 0 Å². The molecule has 6 N–H and O–H groups in total. The minimum atomic E-state index is -1.26. The van der Waals surface area contributed by atoms with Crippen molar-refractivity contribution in [2.24, 2.45) is 0 Å². The zero-order valence-electron chi connectivity index (χ0n) is 12.6. The van der Waals surface area contributed by atoms with Gasteiger partial charge in [-0.1, -0.05) is 0 Å². The van der Waals surface area contributed by atoms with Gasteiger partial charge in [-0.2, -0.15) is 0 Å². The molecule has 0 aromatic heterocycles. The highest BCUT2D eigenvalue weighted by molar-refractivity contribution is 6.47. The second-order valence-electron chi connectivity index (χ2n) is 5.78. The molecule has 0 saturated carbocycles. The number of hydrogen-bond donors (Lipinski definition) is 6. The molecular weight excluding hydrogens is 312 g/mol. The monoisotopic (exact) mass is 342 g/mol. The van der Waals surface area contributed by atoms with Crippen LogP contribution in [-0.2, 0) is 4.12 Å². The summed E-state index contributed by atoms with van der Waals surface area (Å²) in [5.74, 6) is 0. The molecule has 0 spiro atoms. The van der Waals surface area contributed by atoms with Crippen LogP contribution in [0.3, 0.4) is 0 Å². The van der Waals surface area contributed by atoms with E-state index >= 15 is 0 Å². The highest BCUT2D eigenvalue weighted by Gasteiger charge is 2.33. The summed E-state index contributed by atoms with van der Waals surface area (Å²) >= 11 is 0. The first-order valence-electron chi connectivity index (χ1n) is 7.30. The summed E-state index contributed by atoms with van der Waals surface area (Å²) < 4.78 is 5.80. The Bertz CT molecular complexity index is 224. The Kier molecular flexibility index (Phi) is 11.8. The van der Waals surface area contributed by atoms with Gasteiger partial charge in [0.05, 0.1) is 26.4 Å². The van der Waals surface area contributed by atoms with E-state index in [1.54, 1.807) is 0 Å². The van der Waals surface area contributed by atoms with Gasteiger partial charge < -0.3 is 34.8 Å². The van der Waals surface area contributed by atoms with Crippen molar-refractivity contribution in [2.45, 2.75) is 35.8 Å². The number of aliphatic hydroxyl groups excluding tert-OH is 6. The maximum atomic E-state index is 9.49. The molecule has 9 heteroatoms. The summed E-state index contributed by atoms with van der Waals surface area (Å²) in [5.41, 5.74) is 0. The number of hydrogen-bond acceptors (Lipinski definition) is 7. The van der Waals surface area contributed by atoms with E-state index in [-0.39, 0.29) is 39.6 Å². The van der Waals surface area contributed by atoms with Crippen LogP contribution in [0.1, 0.15) is 25.7 Å². The summed E-state index contributed by atoms with van der Waals surface area (Å²) in [6.45, 7) is -0.751. The molecule has 21 heavy (non-hydrogen) atoms. The average molecular weight is 343 g/mol. The Hall–Kier alpha value is 0.154. The van der Waals surface area contributed by atoms with Crippen LogP contribution >= 0.6 is 0 Å². The lowest BCUT2D eigenvalue weighted by molar-refractivity contribution is 0.132. The van der Waals surface area contributed by atoms with Crippen LogP contribution in [0.15, 0.2) is 0 Å². The van der Waals surface area contributed by atoms with Crippen molar-refractivity contribution in [1.82, 2.24) is 0 Å². The van der Waals surface area contributed by atoms with Gasteiger partial charge in [-0.05, 0) is 25.7 Å². The van der Waals surface area contributed by atoms with E-state index in [2.05, 4.69) is 0 Å². The molecule has 0 radical (unpaired) electrons. The molecule has 7 nitrogen and oxygen atoms in total. The van der Waals surface area contributed by atoms with E-state index in [0.717, 1.165) is 0 Å². The predicted octanol–water partition coefficient (Wildman–Crippen LogP) is -3.00. The first kappa shape index (κ1) is 21.2. The zero-order valence-corrected chi connectivity index (χ0v) is 15.4. The molecule has 0 unspecified atom stereocenters. The van der Waals surface area contributed by atoms with E-state index < -0.39 is 29.6 Å². The molecule has 0 aliphatic rings. The van der Waals surface area contributed by atoms with Gasteiger partial charge in [0, 0.05) is 23.3 Å². The topological polar surface area (TPSA) is 131 Å². The molecule has 0 aromatic carbocycles. The lowest BCUT2D eigenvalue weighted by Gasteiger charge is -2.33. The van der Waals surface area contributed by atoms with Gasteiger partial charge in [0.1, 0.15) is 0 Å². The lowest BCUT2D eigenvalue weighted by atomic mass is 10.0. The molecule has 0 fully saturated rings. The smallest absolute Gasteiger partial charge is 0.156 e. The van der Waals surface area contributed by atoms with Crippen LogP contribution in [0.4, 0.5) is 0 Å². The summed E-state index contributed by atoms with van der Waals surface area (Å²) in [4.78, 5) is 0. The third kappa shape index (κ3) is 7.30. The minimum Gasteiger partial charge on any atom is -0.464 e. The van der Waals surface area contributed by atoms with E-state index in [0.29, 0.717) is 25.7 Å². The Labute approximate surface area is 130 Å². The van der Waals surface area contributed by atoms with Crippen LogP contribution in [0.25, 0.3) is 0 Å². The van der Waals surface area contributed by atoms with Crippen LogP contribution in [0.2, 0.25) is 10.1 Å². The van der Waals surface area contributed by atoms with Gasteiger partial charge in [0.15, 0.2) is 19.5 Å². The molecule has 0 saturated heterocycles. The maximum Gasteiger partial charge on any atom is 0.156 e. The molecule has 0 bridgehead atoms. The van der Waals surface area contributed by atoms with Crippen molar-refractivity contribution in [3.63, 3.8) is 0 Å². The molecule has 0 amide bonds. The van der Waals surface area contributed by atoms with Crippen molar-refractivity contribution in [2.75, 3.05) is 39.6 Å². The number of rotatable bonds is 14. The van der Waals surface area contributed by atoms with E-state index in [4.69, 9.17) is 14.3 Å². The largest absolute Gasteiger partial charge is 0.464 e. The fraction of sp³-hybridized carbons (Fsp3) is 1.00. The van der Waals surface area contributed by atoms with Crippen LogP contribution < -0.4 is 0 Å². The number of aliphatic hydroxyl groups is 6. The van der Waals surface area contributed by atoms with Crippen molar-refractivity contribution < 1.29 is 34.8 Å². The fourth-order valence-electron chi connectivity index (χ4n) is 2.14. The first-order chi connectivity index (χ1) is 10.1. The normalized spacial score (nSPS) is 14.0. The Morgan fingerprint density at radius 1 is 0.619 bits per heavy atom. The van der Waals surface area contributed by atoms with E-state index in [1.807, 2.05) is 0 Å². The van der Waals surface area contributed by atoms with Crippen LogP contribution in [-0.4, -0.2) is 89.8 Å². The highest BCUT2D eigenvalue weighted by Crippen LogP contribution is 2.33. The SMILES string of the molecule is OCCCC(CO)(CO)[SiH2]O[SiH2]C(CO)(CO)CCCO. The van der Waals surface area contributed by atoms with Gasteiger partial charge in [0.25, 0.3) is 0 Å². The minimum absolute atomic E-state index is 0.00129. The first-order valence-corrected chi connectivity index (χ1v) is 9.87. The lowest BCUT2D eigenvalue weighted by Crippen LogP contribution is -2.37. The molecular formula is C12H30O7Si2. The molecule has 0 aliphatic heterocycles. The molecule has 0 atom stereocenters. The van der Waals surface area contributed by atoms with Gasteiger partial charge in [-0.25, -0.2) is 0 Å². The zero-order chi connectivity index (χ0) is 16.2. The Morgan fingerprint density at radius 2 is 0.952 bits per heavy atom. The second kappa shape index (κ2) is 11.7. The maximum absolute atomic E-state index is 9.49. The third-order valence-electron chi connectivity index (χ3n) is 3.89. The Balaban J connectivity index is 4.49. The van der Waals surface area contributed by atoms with Crippen LogP contribution in [0, 0.1) is 0 Å². The van der Waals surface area contributed by atoms with Crippen molar-refractivity contribution in [3.05, 3.63) is 0 Å². The molecule has 0 rings (SSSR count). The third-order valence-corrected chi connectivity index (χ3v) is 8.35. The molecule has 0 aromatic rings. The molecule has 128 valence electrons. The summed E-state index contributed by atoms with van der Waals surface area (Å²) in [7, 11) is -2.52. The average Bonchev–Trinajstić information content (AvgIpc) is 2.54. The van der Waals surface area contributed by atoms with E-state index in [1.165, 1.54) is 0 Å². The molecule has 0 aliphatic carbocycles. The molecule has 0 heterocycles. The standard InChI is InChI=1S/C12H30O7Si2/c13-5-1-3-11(7-15,8-16)20-19-21-12(9-17,10-18)4-2-6-14/h13-18H,1-10,20-21H2. The van der Waals surface area contributed by atoms with Crippen molar-refractivity contribution in [3.8, 4) is 0 Å². The fourth-order valence-corrected chi connectivity index (χ4v) is 7.16. The predicted molar refractivity (Wildman–Crippen MR) is 84.5 cm³/mol. The quantitative estimate of drug-likeness (QED) is 0.186. The van der Waals surface area contributed by atoms with E-state index in [9.17, 15) is 20.4 Å². The Morgan fingerprint density at radius 3 is 1.19 bits per heavy atom. The van der Waals surface area contributed by atoms with Crippen molar-refractivity contribution >= 4 is 19.5 Å². The summed E-state index contributed by atoms with van der Waals surface area (Å²) in [6, 6.07) is 0. The second-order valence-corrected chi connectivity index (χ2v) is 11.0. The van der Waals surface area contributed by atoms with Crippen LogP contribution in [0.5, 0.6) is 0 Å². The van der Waals surface area contributed by atoms with Gasteiger partial charge in [-0.3, -0.25) is 0 Å². The van der Waals surface area contributed by atoms with Gasteiger partial charge in [0.2, 0.25) is 0 Å². The summed E-state index contributed by atoms with van der Waals surface area (Å²) in [5, 5.41) is 54.4. The van der Waals surface area contributed by atoms with Gasteiger partial charge >= 0.3 is 0 Å². The highest BCUT2D eigenvalue weighted by atomic mass is 28.3. The summed E-state index contributed by atoms with van der Waals surface area (Å²) in [6.07, 6.45) is 1.99. The van der Waals surface area contributed by atoms with Crippen molar-refractivity contribution in [1.29, 1.82) is 0 Å².